The summed E-state index contributed by atoms with van der Waals surface area (Å²) < 4.78 is 15.9. The summed E-state index contributed by atoms with van der Waals surface area (Å²) in [4.78, 5) is 28.8. The van der Waals surface area contributed by atoms with Crippen LogP contribution in [0.1, 0.15) is 19.3 Å². The fourth-order valence-electron chi connectivity index (χ4n) is 2.88. The predicted molar refractivity (Wildman–Crippen MR) is 104 cm³/mol. The van der Waals surface area contributed by atoms with E-state index in [1.54, 1.807) is 25.3 Å². The maximum absolute atomic E-state index is 12.3. The number of hydrogen-bond acceptors (Lipinski definition) is 7. The molecule has 1 aromatic rings. The molecule has 2 amide bonds. The molecule has 2 heterocycles. The molecule has 0 saturated carbocycles. The van der Waals surface area contributed by atoms with Crippen LogP contribution in [-0.4, -0.2) is 55.7 Å². The number of anilines is 1. The Hall–Kier alpha value is -2.26. The van der Waals surface area contributed by atoms with E-state index in [-0.39, 0.29) is 24.3 Å². The molecule has 2 saturated heterocycles. The van der Waals surface area contributed by atoms with Gasteiger partial charge in [0.1, 0.15) is 5.25 Å². The van der Waals surface area contributed by atoms with Gasteiger partial charge in [-0.15, -0.1) is 0 Å². The number of carbonyl (C=O) groups is 2. The molecule has 9 heteroatoms. The molecule has 27 heavy (non-hydrogen) atoms. The Labute approximate surface area is 162 Å². The second-order valence-electron chi connectivity index (χ2n) is 6.20. The number of benzene rings is 1. The van der Waals surface area contributed by atoms with Crippen molar-refractivity contribution in [3.63, 3.8) is 0 Å². The van der Waals surface area contributed by atoms with Gasteiger partial charge in [-0.25, -0.2) is 0 Å². The van der Waals surface area contributed by atoms with Crippen LogP contribution in [-0.2, 0) is 14.3 Å². The number of aliphatic imine (C=N–C) groups is 1. The number of thioether (sulfide) groups is 1. The van der Waals surface area contributed by atoms with Crippen LogP contribution in [0, 0.1) is 0 Å². The maximum Gasteiger partial charge on any atom is 0.240 e. The van der Waals surface area contributed by atoms with Crippen molar-refractivity contribution in [3.05, 3.63) is 18.2 Å². The number of nitrogens with zero attached hydrogens (tertiary/aromatic N) is 1. The van der Waals surface area contributed by atoms with E-state index in [1.807, 2.05) is 0 Å². The van der Waals surface area contributed by atoms with Gasteiger partial charge in [-0.1, -0.05) is 11.8 Å². The van der Waals surface area contributed by atoms with Crippen molar-refractivity contribution in [1.82, 2.24) is 5.32 Å². The molecule has 0 bridgehead atoms. The average Bonchev–Trinajstić information content (AvgIpc) is 3.30. The third-order valence-electron chi connectivity index (χ3n) is 4.28. The van der Waals surface area contributed by atoms with Gasteiger partial charge in [0, 0.05) is 24.8 Å². The molecule has 2 atom stereocenters. The number of hydrogen-bond donors (Lipinski definition) is 2. The van der Waals surface area contributed by atoms with Gasteiger partial charge in [-0.3, -0.25) is 14.6 Å². The molecule has 0 aromatic heterocycles. The van der Waals surface area contributed by atoms with Gasteiger partial charge in [0.05, 0.1) is 26.9 Å². The molecule has 0 aliphatic carbocycles. The zero-order valence-corrected chi connectivity index (χ0v) is 16.1. The van der Waals surface area contributed by atoms with E-state index in [0.29, 0.717) is 28.9 Å². The van der Waals surface area contributed by atoms with E-state index in [2.05, 4.69) is 15.6 Å². The third-order valence-corrected chi connectivity index (χ3v) is 5.40. The highest BCUT2D eigenvalue weighted by Crippen LogP contribution is 2.30. The summed E-state index contributed by atoms with van der Waals surface area (Å²) in [7, 11) is 3.07. The first-order valence-electron chi connectivity index (χ1n) is 8.74. The van der Waals surface area contributed by atoms with Crippen molar-refractivity contribution < 1.29 is 23.8 Å². The summed E-state index contributed by atoms with van der Waals surface area (Å²) in [5, 5.41) is 5.57. The van der Waals surface area contributed by atoms with Gasteiger partial charge in [-0.2, -0.15) is 0 Å². The standard InChI is InChI=1S/C18H23N3O5S/c1-24-13-6-5-11(8-14(13)25-2)20-16(22)9-15-17(23)21-18(27-15)19-10-12-4-3-7-26-12/h5-6,8,12,15H,3-4,7,9-10H2,1-2H3,(H,20,22)(H,19,21,23). The van der Waals surface area contributed by atoms with Crippen LogP contribution in [0.4, 0.5) is 5.69 Å². The lowest BCUT2D eigenvalue weighted by Gasteiger charge is -2.11. The van der Waals surface area contributed by atoms with Crippen LogP contribution < -0.4 is 20.1 Å². The molecule has 2 N–H and O–H groups in total. The largest absolute Gasteiger partial charge is 0.493 e. The lowest BCUT2D eigenvalue weighted by atomic mass is 10.2. The maximum atomic E-state index is 12.3. The Kier molecular flexibility index (Phi) is 6.57. The van der Waals surface area contributed by atoms with Crippen LogP contribution >= 0.6 is 11.8 Å². The van der Waals surface area contributed by atoms with E-state index in [9.17, 15) is 9.59 Å². The second-order valence-corrected chi connectivity index (χ2v) is 7.39. The summed E-state index contributed by atoms with van der Waals surface area (Å²) in [6, 6.07) is 5.10. The first-order chi connectivity index (χ1) is 13.1. The summed E-state index contributed by atoms with van der Waals surface area (Å²) in [6.07, 6.45) is 2.23. The monoisotopic (exact) mass is 393 g/mol. The Morgan fingerprint density at radius 3 is 2.89 bits per heavy atom. The SMILES string of the molecule is COc1ccc(NC(=O)CC2SC(=NCC3CCCO3)NC2=O)cc1OC. The van der Waals surface area contributed by atoms with Crippen molar-refractivity contribution >= 4 is 34.4 Å². The summed E-state index contributed by atoms with van der Waals surface area (Å²) >= 11 is 1.28. The molecular weight excluding hydrogens is 370 g/mol. The normalized spacial score (nSPS) is 23.3. The number of amides is 2. The van der Waals surface area contributed by atoms with Gasteiger partial charge in [-0.05, 0) is 25.0 Å². The highest BCUT2D eigenvalue weighted by molar-refractivity contribution is 8.15. The molecule has 8 nitrogen and oxygen atoms in total. The number of rotatable bonds is 7. The number of ether oxygens (including phenoxy) is 3. The Bertz CT molecular complexity index is 734. The van der Waals surface area contributed by atoms with Gasteiger partial charge in [0.2, 0.25) is 11.8 Å². The van der Waals surface area contributed by atoms with Crippen molar-refractivity contribution in [3.8, 4) is 11.5 Å². The molecule has 2 fully saturated rings. The topological polar surface area (TPSA) is 98.3 Å². The Morgan fingerprint density at radius 1 is 1.37 bits per heavy atom. The lowest BCUT2D eigenvalue weighted by Crippen LogP contribution is -2.28. The third kappa shape index (κ3) is 5.14. The van der Waals surface area contributed by atoms with Crippen LogP contribution in [0.2, 0.25) is 0 Å². The summed E-state index contributed by atoms with van der Waals surface area (Å²) in [5.41, 5.74) is 0.577. The quantitative estimate of drug-likeness (QED) is 0.733. The zero-order valence-electron chi connectivity index (χ0n) is 15.3. The number of carbonyl (C=O) groups excluding carboxylic acids is 2. The van der Waals surface area contributed by atoms with Crippen molar-refractivity contribution in [2.24, 2.45) is 4.99 Å². The first-order valence-corrected chi connectivity index (χ1v) is 9.62. The van der Waals surface area contributed by atoms with Crippen molar-refractivity contribution in [2.75, 3.05) is 32.7 Å². The van der Waals surface area contributed by atoms with E-state index >= 15 is 0 Å². The van der Waals surface area contributed by atoms with Gasteiger partial charge in [0.25, 0.3) is 0 Å². The van der Waals surface area contributed by atoms with E-state index < -0.39 is 5.25 Å². The van der Waals surface area contributed by atoms with Crippen LogP contribution in [0.15, 0.2) is 23.2 Å². The van der Waals surface area contributed by atoms with Crippen molar-refractivity contribution in [2.45, 2.75) is 30.6 Å². The molecule has 0 spiro atoms. The smallest absolute Gasteiger partial charge is 0.240 e. The molecule has 2 aliphatic heterocycles. The van der Waals surface area contributed by atoms with Gasteiger partial charge >= 0.3 is 0 Å². The summed E-state index contributed by atoms with van der Waals surface area (Å²) in [5.74, 6) is 0.643. The fraction of sp³-hybridized carbons (Fsp3) is 0.500. The van der Waals surface area contributed by atoms with Crippen LogP contribution in [0.5, 0.6) is 11.5 Å². The van der Waals surface area contributed by atoms with Crippen LogP contribution in [0.3, 0.4) is 0 Å². The van der Waals surface area contributed by atoms with E-state index in [4.69, 9.17) is 14.2 Å². The highest BCUT2D eigenvalue weighted by atomic mass is 32.2. The van der Waals surface area contributed by atoms with Crippen molar-refractivity contribution in [1.29, 1.82) is 0 Å². The lowest BCUT2D eigenvalue weighted by molar-refractivity contribution is -0.122. The Morgan fingerprint density at radius 2 is 2.19 bits per heavy atom. The fourth-order valence-corrected chi connectivity index (χ4v) is 3.86. The molecule has 2 aliphatic rings. The second kappa shape index (κ2) is 9.09. The Balaban J connectivity index is 1.53. The van der Waals surface area contributed by atoms with Gasteiger partial charge < -0.3 is 24.8 Å². The first kappa shape index (κ1) is 19.5. The molecule has 0 radical (unpaired) electrons. The predicted octanol–water partition coefficient (Wildman–Crippen LogP) is 1.80. The molecule has 146 valence electrons. The van der Waals surface area contributed by atoms with E-state index in [1.165, 1.54) is 18.9 Å². The highest BCUT2D eigenvalue weighted by Gasteiger charge is 2.32. The minimum atomic E-state index is -0.492. The average molecular weight is 393 g/mol. The van der Waals surface area contributed by atoms with Gasteiger partial charge in [0.15, 0.2) is 16.7 Å². The molecular formula is C18H23N3O5S. The number of methoxy groups -OCH3 is 2. The number of amidine groups is 1. The minimum absolute atomic E-state index is 0.0593. The number of nitrogens with one attached hydrogen (secondary N) is 2. The minimum Gasteiger partial charge on any atom is -0.493 e. The molecule has 3 rings (SSSR count). The van der Waals surface area contributed by atoms with E-state index in [0.717, 1.165) is 19.4 Å². The zero-order chi connectivity index (χ0) is 19.2. The molecule has 1 aromatic carbocycles. The van der Waals surface area contributed by atoms with Crippen LogP contribution in [0.25, 0.3) is 0 Å². The summed E-state index contributed by atoms with van der Waals surface area (Å²) in [6.45, 7) is 1.31. The molecule has 2 unspecified atom stereocenters.